The van der Waals surface area contributed by atoms with E-state index in [0.717, 1.165) is 6.21 Å². The van der Waals surface area contributed by atoms with Crippen LogP contribution in [0.1, 0.15) is 0 Å². The first-order valence-corrected chi connectivity index (χ1v) is 2.26. The molecule has 0 radical (unpaired) electrons. The van der Waals surface area contributed by atoms with Gasteiger partial charge in [0, 0.05) is 0 Å². The Bertz CT molecular complexity index is 186. The minimum atomic E-state index is -1.25. The van der Waals surface area contributed by atoms with E-state index in [0.29, 0.717) is 0 Å². The van der Waals surface area contributed by atoms with E-state index < -0.39 is 18.0 Å². The van der Waals surface area contributed by atoms with Gasteiger partial charge in [-0.3, -0.25) is 9.59 Å². The maximum Gasteiger partial charge on any atom is 0.296 e. The molecular weight excluding hydrogens is 124 g/mol. The van der Waals surface area contributed by atoms with Crippen molar-refractivity contribution in [2.24, 2.45) is 4.99 Å². The SMILES string of the molecule is O=C1C=N[C@@H](O)NC1=O. The third-order valence-corrected chi connectivity index (χ3v) is 0.817. The summed E-state index contributed by atoms with van der Waals surface area (Å²) in [5, 5.41) is 10.4. The van der Waals surface area contributed by atoms with E-state index in [4.69, 9.17) is 5.11 Å². The van der Waals surface area contributed by atoms with E-state index in [9.17, 15) is 9.59 Å². The topological polar surface area (TPSA) is 78.8 Å². The number of ketones is 1. The summed E-state index contributed by atoms with van der Waals surface area (Å²) in [6.07, 6.45) is -0.459. The van der Waals surface area contributed by atoms with Crippen LogP contribution in [0.2, 0.25) is 0 Å². The number of aliphatic hydroxyl groups excluding tert-OH is 1. The summed E-state index contributed by atoms with van der Waals surface area (Å²) in [4.78, 5) is 23.8. The van der Waals surface area contributed by atoms with Gasteiger partial charge in [0.2, 0.25) is 6.35 Å². The minimum Gasteiger partial charge on any atom is -0.355 e. The normalized spacial score (nSPS) is 26.1. The molecule has 0 aliphatic carbocycles. The molecule has 0 aromatic rings. The molecule has 1 heterocycles. The average molecular weight is 128 g/mol. The second-order valence-corrected chi connectivity index (χ2v) is 1.49. The van der Waals surface area contributed by atoms with Crippen molar-refractivity contribution in [3.63, 3.8) is 0 Å². The lowest BCUT2D eigenvalue weighted by Crippen LogP contribution is -2.42. The largest absolute Gasteiger partial charge is 0.355 e. The Morgan fingerprint density at radius 1 is 1.67 bits per heavy atom. The van der Waals surface area contributed by atoms with Gasteiger partial charge in [0.15, 0.2) is 0 Å². The molecule has 2 N–H and O–H groups in total. The summed E-state index contributed by atoms with van der Waals surface area (Å²) >= 11 is 0. The van der Waals surface area contributed by atoms with Crippen LogP contribution in [0.5, 0.6) is 0 Å². The van der Waals surface area contributed by atoms with E-state index in [1.165, 1.54) is 0 Å². The molecule has 0 saturated heterocycles. The van der Waals surface area contributed by atoms with Crippen molar-refractivity contribution in [3.05, 3.63) is 0 Å². The molecule has 1 atom stereocenters. The molecular formula is C4H4N2O3. The van der Waals surface area contributed by atoms with Crippen LogP contribution in [-0.2, 0) is 9.59 Å². The number of amides is 1. The molecule has 5 nitrogen and oxygen atoms in total. The first-order chi connectivity index (χ1) is 4.20. The zero-order valence-corrected chi connectivity index (χ0v) is 4.37. The summed E-state index contributed by atoms with van der Waals surface area (Å²) < 4.78 is 0. The summed E-state index contributed by atoms with van der Waals surface area (Å²) in [6.45, 7) is 0. The molecule has 0 unspecified atom stereocenters. The molecule has 5 heteroatoms. The highest BCUT2D eigenvalue weighted by atomic mass is 16.3. The third-order valence-electron chi connectivity index (χ3n) is 0.817. The molecule has 0 bridgehead atoms. The number of aliphatic imine (C=N–C) groups is 1. The number of hydrogen-bond acceptors (Lipinski definition) is 4. The number of nitrogens with one attached hydrogen (secondary N) is 1. The van der Waals surface area contributed by atoms with Crippen molar-refractivity contribution in [1.82, 2.24) is 5.32 Å². The van der Waals surface area contributed by atoms with Crippen molar-refractivity contribution in [2.75, 3.05) is 0 Å². The van der Waals surface area contributed by atoms with Crippen molar-refractivity contribution < 1.29 is 14.7 Å². The summed E-state index contributed by atoms with van der Waals surface area (Å²) in [5.41, 5.74) is 0. The zero-order chi connectivity index (χ0) is 6.85. The fourth-order valence-corrected chi connectivity index (χ4v) is 0.423. The Morgan fingerprint density at radius 2 is 2.33 bits per heavy atom. The number of Topliss-reactive ketones (excluding diaryl/α,β-unsaturated/α-hetero) is 1. The molecule has 0 aromatic heterocycles. The van der Waals surface area contributed by atoms with Gasteiger partial charge in [0.1, 0.15) is 0 Å². The molecule has 9 heavy (non-hydrogen) atoms. The summed E-state index contributed by atoms with van der Waals surface area (Å²) in [5.74, 6) is -1.56. The van der Waals surface area contributed by atoms with Gasteiger partial charge in [0.05, 0.1) is 6.21 Å². The molecule has 0 aromatic carbocycles. The Kier molecular flexibility index (Phi) is 1.27. The van der Waals surface area contributed by atoms with E-state index in [1.54, 1.807) is 0 Å². The van der Waals surface area contributed by atoms with Gasteiger partial charge in [-0.2, -0.15) is 0 Å². The maximum atomic E-state index is 10.3. The van der Waals surface area contributed by atoms with Crippen LogP contribution in [-0.4, -0.2) is 29.4 Å². The molecule has 1 aliphatic heterocycles. The highest BCUT2D eigenvalue weighted by Crippen LogP contribution is 1.85. The van der Waals surface area contributed by atoms with Crippen LogP contribution in [0, 0.1) is 0 Å². The number of nitrogens with zero attached hydrogens (tertiary/aromatic N) is 1. The Morgan fingerprint density at radius 3 is 2.78 bits per heavy atom. The fraction of sp³-hybridized carbons (Fsp3) is 0.250. The molecule has 1 amide bonds. The standard InChI is InChI=1S/C4H4N2O3/c7-2-1-5-4(9)6-3(2)8/h1,4,9H,(H,6,8)/t4-/m1/s1. The Hall–Kier alpha value is -1.23. The number of carbonyl (C=O) groups excluding carboxylic acids is 2. The highest BCUT2D eigenvalue weighted by Gasteiger charge is 2.18. The summed E-state index contributed by atoms with van der Waals surface area (Å²) in [6, 6.07) is 0. The van der Waals surface area contributed by atoms with Crippen LogP contribution in [0.3, 0.4) is 0 Å². The van der Waals surface area contributed by atoms with E-state index in [-0.39, 0.29) is 0 Å². The average Bonchev–Trinajstić information content (AvgIpc) is 1.80. The lowest BCUT2D eigenvalue weighted by Gasteiger charge is -2.09. The number of carbonyl (C=O) groups is 2. The number of hydrogen-bond donors (Lipinski definition) is 2. The van der Waals surface area contributed by atoms with Gasteiger partial charge in [0.25, 0.3) is 11.7 Å². The van der Waals surface area contributed by atoms with Crippen LogP contribution in [0.15, 0.2) is 4.99 Å². The molecule has 0 saturated carbocycles. The first-order valence-electron chi connectivity index (χ1n) is 2.26. The smallest absolute Gasteiger partial charge is 0.296 e. The van der Waals surface area contributed by atoms with Gasteiger partial charge in [-0.1, -0.05) is 0 Å². The maximum absolute atomic E-state index is 10.3. The van der Waals surface area contributed by atoms with Gasteiger partial charge in [-0.15, -0.1) is 0 Å². The summed E-state index contributed by atoms with van der Waals surface area (Å²) in [7, 11) is 0. The molecule has 48 valence electrons. The van der Waals surface area contributed by atoms with Crippen molar-refractivity contribution >= 4 is 17.9 Å². The van der Waals surface area contributed by atoms with Crippen molar-refractivity contribution in [3.8, 4) is 0 Å². The molecule has 0 spiro atoms. The van der Waals surface area contributed by atoms with Gasteiger partial charge in [-0.05, 0) is 0 Å². The van der Waals surface area contributed by atoms with Crippen LogP contribution >= 0.6 is 0 Å². The predicted octanol–water partition coefficient (Wildman–Crippen LogP) is -1.97. The Labute approximate surface area is 50.4 Å². The second-order valence-electron chi connectivity index (χ2n) is 1.49. The molecule has 1 rings (SSSR count). The molecule has 0 fully saturated rings. The van der Waals surface area contributed by atoms with E-state index >= 15 is 0 Å². The zero-order valence-electron chi connectivity index (χ0n) is 4.37. The minimum absolute atomic E-state index is 0.736. The number of rotatable bonds is 0. The van der Waals surface area contributed by atoms with Crippen molar-refractivity contribution in [1.29, 1.82) is 0 Å². The van der Waals surface area contributed by atoms with Crippen LogP contribution in [0.4, 0.5) is 0 Å². The monoisotopic (exact) mass is 128 g/mol. The predicted molar refractivity (Wildman–Crippen MR) is 27.6 cm³/mol. The lowest BCUT2D eigenvalue weighted by molar-refractivity contribution is -0.136. The van der Waals surface area contributed by atoms with Crippen LogP contribution < -0.4 is 5.32 Å². The third kappa shape index (κ3) is 1.11. The first kappa shape index (κ1) is 5.90. The highest BCUT2D eigenvalue weighted by molar-refractivity contribution is 6.58. The molecule has 1 aliphatic rings. The lowest BCUT2D eigenvalue weighted by atomic mass is 10.4. The fourth-order valence-electron chi connectivity index (χ4n) is 0.423. The van der Waals surface area contributed by atoms with Crippen LogP contribution in [0.25, 0.3) is 0 Å². The van der Waals surface area contributed by atoms with E-state index in [1.807, 2.05) is 5.32 Å². The van der Waals surface area contributed by atoms with Crippen molar-refractivity contribution in [2.45, 2.75) is 6.35 Å². The Balaban J connectivity index is 2.77. The van der Waals surface area contributed by atoms with Gasteiger partial charge >= 0.3 is 0 Å². The van der Waals surface area contributed by atoms with E-state index in [2.05, 4.69) is 4.99 Å². The quantitative estimate of drug-likeness (QED) is 0.371. The number of aliphatic hydroxyl groups is 1. The second kappa shape index (κ2) is 1.94. The van der Waals surface area contributed by atoms with Gasteiger partial charge in [-0.25, -0.2) is 4.99 Å². The van der Waals surface area contributed by atoms with Gasteiger partial charge < -0.3 is 10.4 Å².